The molecule has 4 aromatic rings. The summed E-state index contributed by atoms with van der Waals surface area (Å²) >= 11 is 9.13. The monoisotopic (exact) mass is 460 g/mol. The van der Waals surface area contributed by atoms with Crippen LogP contribution in [0.5, 0.6) is 0 Å². The van der Waals surface area contributed by atoms with E-state index in [1.54, 1.807) is 24.6 Å². The molecule has 0 spiro atoms. The second kappa shape index (κ2) is 9.03. The SMILES string of the molecule is CCOC(=O)c1csc(CSc2nnc(-c3ccco3)n2-c2cc(Cl)ccc2C)n1. The van der Waals surface area contributed by atoms with E-state index in [0.29, 0.717) is 39.8 Å². The van der Waals surface area contributed by atoms with Crippen LogP contribution < -0.4 is 0 Å². The number of benzene rings is 1. The van der Waals surface area contributed by atoms with Gasteiger partial charge >= 0.3 is 5.97 Å². The number of halogens is 1. The fourth-order valence-electron chi connectivity index (χ4n) is 2.77. The number of thiazole rings is 1. The lowest BCUT2D eigenvalue weighted by Crippen LogP contribution is -2.05. The van der Waals surface area contributed by atoms with Crippen molar-refractivity contribution in [1.29, 1.82) is 0 Å². The summed E-state index contributed by atoms with van der Waals surface area (Å²) in [5, 5.41) is 12.5. The van der Waals surface area contributed by atoms with Crippen molar-refractivity contribution in [2.75, 3.05) is 6.61 Å². The van der Waals surface area contributed by atoms with Gasteiger partial charge in [0.1, 0.15) is 5.01 Å². The van der Waals surface area contributed by atoms with Crippen molar-refractivity contribution in [2.45, 2.75) is 24.8 Å². The zero-order chi connectivity index (χ0) is 21.1. The molecular formula is C20H17ClN4O3S2. The van der Waals surface area contributed by atoms with E-state index in [2.05, 4.69) is 15.2 Å². The Morgan fingerprint density at radius 1 is 1.33 bits per heavy atom. The number of ether oxygens (including phenoxy) is 1. The first-order valence-electron chi connectivity index (χ1n) is 9.07. The molecule has 10 heteroatoms. The molecule has 3 aromatic heterocycles. The van der Waals surface area contributed by atoms with E-state index in [4.69, 9.17) is 20.8 Å². The van der Waals surface area contributed by atoms with Gasteiger partial charge in [-0.2, -0.15) is 0 Å². The third-order valence-electron chi connectivity index (χ3n) is 4.15. The second-order valence-corrected chi connectivity index (χ2v) is 8.51. The van der Waals surface area contributed by atoms with Crippen LogP contribution in [-0.4, -0.2) is 32.3 Å². The van der Waals surface area contributed by atoms with Gasteiger partial charge in [0, 0.05) is 10.4 Å². The number of aryl methyl sites for hydroxylation is 1. The summed E-state index contributed by atoms with van der Waals surface area (Å²) in [5.41, 5.74) is 2.21. The van der Waals surface area contributed by atoms with Gasteiger partial charge in [-0.05, 0) is 43.7 Å². The van der Waals surface area contributed by atoms with E-state index < -0.39 is 5.97 Å². The number of hydrogen-bond donors (Lipinski definition) is 0. The average Bonchev–Trinajstić information content (AvgIpc) is 3.48. The highest BCUT2D eigenvalue weighted by atomic mass is 35.5. The van der Waals surface area contributed by atoms with Crippen LogP contribution in [0.25, 0.3) is 17.3 Å². The number of esters is 1. The minimum Gasteiger partial charge on any atom is -0.461 e. The van der Waals surface area contributed by atoms with Crippen molar-refractivity contribution < 1.29 is 13.9 Å². The van der Waals surface area contributed by atoms with E-state index in [1.165, 1.54) is 23.1 Å². The van der Waals surface area contributed by atoms with Crippen molar-refractivity contribution >= 4 is 40.7 Å². The molecule has 7 nitrogen and oxygen atoms in total. The number of thioether (sulfide) groups is 1. The van der Waals surface area contributed by atoms with Crippen LogP contribution in [0.3, 0.4) is 0 Å². The topological polar surface area (TPSA) is 83.0 Å². The van der Waals surface area contributed by atoms with Crippen LogP contribution in [-0.2, 0) is 10.5 Å². The summed E-state index contributed by atoms with van der Waals surface area (Å²) in [6.07, 6.45) is 1.60. The summed E-state index contributed by atoms with van der Waals surface area (Å²) in [4.78, 5) is 16.2. The maximum atomic E-state index is 11.8. The van der Waals surface area contributed by atoms with E-state index in [1.807, 2.05) is 35.8 Å². The Morgan fingerprint density at radius 2 is 2.20 bits per heavy atom. The molecule has 0 saturated heterocycles. The third kappa shape index (κ3) is 4.28. The van der Waals surface area contributed by atoms with E-state index in [9.17, 15) is 4.79 Å². The predicted octanol–water partition coefficient (Wildman–Crippen LogP) is 5.41. The Bertz CT molecular complexity index is 1170. The molecule has 0 aliphatic heterocycles. The van der Waals surface area contributed by atoms with Crippen LogP contribution in [0.4, 0.5) is 0 Å². The molecule has 0 radical (unpaired) electrons. The highest BCUT2D eigenvalue weighted by Gasteiger charge is 2.20. The van der Waals surface area contributed by atoms with E-state index in [-0.39, 0.29) is 0 Å². The molecule has 154 valence electrons. The molecule has 0 amide bonds. The predicted molar refractivity (Wildman–Crippen MR) is 116 cm³/mol. The summed E-state index contributed by atoms with van der Waals surface area (Å²) in [6.45, 7) is 4.08. The fraction of sp³-hybridized carbons (Fsp3) is 0.200. The molecule has 30 heavy (non-hydrogen) atoms. The molecule has 0 aliphatic carbocycles. The molecule has 0 aliphatic rings. The first-order chi connectivity index (χ1) is 14.6. The maximum absolute atomic E-state index is 11.8. The van der Waals surface area contributed by atoms with Gasteiger partial charge in [0.25, 0.3) is 0 Å². The summed E-state index contributed by atoms with van der Waals surface area (Å²) in [7, 11) is 0. The first kappa shape index (κ1) is 20.6. The molecule has 0 atom stereocenters. The highest BCUT2D eigenvalue weighted by molar-refractivity contribution is 7.98. The van der Waals surface area contributed by atoms with Crippen LogP contribution in [0.1, 0.15) is 28.0 Å². The second-order valence-electron chi connectivity index (χ2n) is 6.19. The van der Waals surface area contributed by atoms with Crippen molar-refractivity contribution in [3.05, 3.63) is 63.3 Å². The maximum Gasteiger partial charge on any atom is 0.357 e. The van der Waals surface area contributed by atoms with E-state index in [0.717, 1.165) is 16.3 Å². The molecule has 0 fully saturated rings. The zero-order valence-electron chi connectivity index (χ0n) is 16.2. The zero-order valence-corrected chi connectivity index (χ0v) is 18.6. The standard InChI is InChI=1S/C20H17ClN4O3S2/c1-3-27-19(26)14-10-29-17(22-14)11-30-20-24-23-18(16-5-4-8-28-16)25(20)15-9-13(21)7-6-12(15)2/h4-10H,3,11H2,1-2H3. The quantitative estimate of drug-likeness (QED) is 0.269. The minimum atomic E-state index is -0.414. The summed E-state index contributed by atoms with van der Waals surface area (Å²) in [6, 6.07) is 9.31. The Hall–Kier alpha value is -2.62. The average molecular weight is 461 g/mol. The lowest BCUT2D eigenvalue weighted by molar-refractivity contribution is 0.0520. The molecule has 1 aromatic carbocycles. The van der Waals surface area contributed by atoms with Gasteiger partial charge in [0.15, 0.2) is 16.6 Å². The number of rotatable bonds is 7. The Morgan fingerprint density at radius 3 is 2.97 bits per heavy atom. The van der Waals surface area contributed by atoms with Crippen molar-refractivity contribution in [2.24, 2.45) is 0 Å². The molecule has 0 N–H and O–H groups in total. The fourth-order valence-corrected chi connectivity index (χ4v) is 4.66. The number of carbonyl (C=O) groups is 1. The van der Waals surface area contributed by atoms with E-state index >= 15 is 0 Å². The number of aromatic nitrogens is 4. The minimum absolute atomic E-state index is 0.318. The third-order valence-corrected chi connectivity index (χ3v) is 6.35. The molecular weight excluding hydrogens is 444 g/mol. The Labute approximate surface area is 186 Å². The Balaban J connectivity index is 1.66. The van der Waals surface area contributed by atoms with Gasteiger partial charge < -0.3 is 9.15 Å². The summed E-state index contributed by atoms with van der Waals surface area (Å²) in [5.74, 6) is 1.30. The normalized spacial score (nSPS) is 11.0. The van der Waals surface area contributed by atoms with Crippen molar-refractivity contribution in [3.63, 3.8) is 0 Å². The van der Waals surface area contributed by atoms with Gasteiger partial charge in [-0.3, -0.25) is 4.57 Å². The number of carbonyl (C=O) groups excluding carboxylic acids is 1. The largest absolute Gasteiger partial charge is 0.461 e. The van der Waals surface area contributed by atoms with Crippen molar-refractivity contribution in [3.8, 4) is 17.3 Å². The first-order valence-corrected chi connectivity index (χ1v) is 11.3. The molecule has 3 heterocycles. The van der Waals surface area contributed by atoms with Crippen LogP contribution in [0.2, 0.25) is 5.02 Å². The number of nitrogens with zero attached hydrogens (tertiary/aromatic N) is 4. The van der Waals surface area contributed by atoms with Gasteiger partial charge in [-0.25, -0.2) is 9.78 Å². The van der Waals surface area contributed by atoms with Gasteiger partial charge in [-0.15, -0.1) is 21.5 Å². The lowest BCUT2D eigenvalue weighted by atomic mass is 10.2. The Kier molecular flexibility index (Phi) is 6.21. The van der Waals surface area contributed by atoms with Gasteiger partial charge in [0.05, 0.1) is 24.3 Å². The molecule has 0 bridgehead atoms. The highest BCUT2D eigenvalue weighted by Crippen LogP contribution is 2.32. The molecule has 0 saturated carbocycles. The molecule has 4 rings (SSSR count). The lowest BCUT2D eigenvalue weighted by Gasteiger charge is -2.12. The number of furan rings is 1. The van der Waals surface area contributed by atoms with Crippen LogP contribution in [0.15, 0.2) is 51.5 Å². The van der Waals surface area contributed by atoms with Gasteiger partial charge in [0.2, 0.25) is 5.82 Å². The van der Waals surface area contributed by atoms with Crippen molar-refractivity contribution in [1.82, 2.24) is 19.7 Å². The number of hydrogen-bond acceptors (Lipinski definition) is 8. The van der Waals surface area contributed by atoms with Crippen LogP contribution >= 0.6 is 34.7 Å². The summed E-state index contributed by atoms with van der Waals surface area (Å²) < 4.78 is 12.5. The smallest absolute Gasteiger partial charge is 0.357 e. The molecule has 0 unspecified atom stereocenters. The van der Waals surface area contributed by atoms with Gasteiger partial charge in [-0.1, -0.05) is 29.4 Å². The van der Waals surface area contributed by atoms with Crippen LogP contribution in [0, 0.1) is 6.92 Å².